The normalized spacial score (nSPS) is 11.4. The van der Waals surface area contributed by atoms with E-state index < -0.39 is 9.84 Å². The first kappa shape index (κ1) is 12.4. The summed E-state index contributed by atoms with van der Waals surface area (Å²) in [7, 11) is -1.74. The Hall–Kier alpha value is -2.02. The highest BCUT2D eigenvalue weighted by molar-refractivity contribution is 7.90. The number of nitrogens with zero attached hydrogens (tertiary/aromatic N) is 2. The number of aromatic nitrogens is 2. The van der Waals surface area contributed by atoms with E-state index in [0.717, 1.165) is 6.26 Å². The molecule has 2 N–H and O–H groups in total. The molecule has 0 atom stereocenters. The van der Waals surface area contributed by atoms with Gasteiger partial charge in [-0.05, 0) is 12.1 Å². The molecule has 96 valence electrons. The molecule has 0 saturated carbocycles. The molecule has 0 amide bonds. The maximum absolute atomic E-state index is 11.4. The van der Waals surface area contributed by atoms with Crippen molar-refractivity contribution in [2.45, 2.75) is 4.90 Å². The summed E-state index contributed by atoms with van der Waals surface area (Å²) in [6.07, 6.45) is 3.89. The van der Waals surface area contributed by atoms with Gasteiger partial charge in [-0.15, -0.1) is 0 Å². The minimum absolute atomic E-state index is 0.165. The van der Waals surface area contributed by atoms with Crippen LogP contribution in [0, 0.1) is 0 Å². The van der Waals surface area contributed by atoms with Gasteiger partial charge in [-0.1, -0.05) is 0 Å². The standard InChI is InChI=1S/C11H13N3O3S/c1-17-11-5-8(3-4-10(11)12)14-7-9(6-13-14)18(2,15)16/h3-7H,12H2,1-2H3. The number of nitrogens with two attached hydrogens (primary N) is 1. The van der Waals surface area contributed by atoms with Crippen molar-refractivity contribution in [1.29, 1.82) is 0 Å². The molecule has 0 unspecified atom stereocenters. The van der Waals surface area contributed by atoms with Crippen molar-refractivity contribution in [2.24, 2.45) is 0 Å². The molecule has 0 aliphatic rings. The van der Waals surface area contributed by atoms with Gasteiger partial charge in [0, 0.05) is 18.5 Å². The first-order valence-corrected chi connectivity index (χ1v) is 6.99. The molecule has 1 heterocycles. The molecule has 6 nitrogen and oxygen atoms in total. The van der Waals surface area contributed by atoms with Crippen LogP contribution in [0.5, 0.6) is 5.75 Å². The summed E-state index contributed by atoms with van der Waals surface area (Å²) in [5.74, 6) is 0.518. The van der Waals surface area contributed by atoms with Gasteiger partial charge in [0.15, 0.2) is 9.84 Å². The maximum Gasteiger partial charge on any atom is 0.178 e. The number of benzene rings is 1. The van der Waals surface area contributed by atoms with Crippen LogP contribution in [-0.4, -0.2) is 31.6 Å². The van der Waals surface area contributed by atoms with E-state index in [1.54, 1.807) is 18.2 Å². The predicted octanol–water partition coefficient (Wildman–Crippen LogP) is 0.867. The van der Waals surface area contributed by atoms with E-state index in [9.17, 15) is 8.42 Å². The summed E-state index contributed by atoms with van der Waals surface area (Å²) in [4.78, 5) is 0.165. The summed E-state index contributed by atoms with van der Waals surface area (Å²) in [6, 6.07) is 5.10. The summed E-state index contributed by atoms with van der Waals surface area (Å²) in [6.45, 7) is 0. The van der Waals surface area contributed by atoms with E-state index in [1.807, 2.05) is 0 Å². The lowest BCUT2D eigenvalue weighted by molar-refractivity contribution is 0.416. The van der Waals surface area contributed by atoms with Crippen LogP contribution in [0.1, 0.15) is 0 Å². The first-order chi connectivity index (χ1) is 8.41. The van der Waals surface area contributed by atoms with Gasteiger partial charge in [0.25, 0.3) is 0 Å². The Balaban J connectivity index is 2.46. The topological polar surface area (TPSA) is 87.2 Å². The van der Waals surface area contributed by atoms with E-state index >= 15 is 0 Å². The van der Waals surface area contributed by atoms with Gasteiger partial charge < -0.3 is 10.5 Å². The van der Waals surface area contributed by atoms with Crippen molar-refractivity contribution in [3.05, 3.63) is 30.6 Å². The zero-order valence-corrected chi connectivity index (χ0v) is 10.8. The van der Waals surface area contributed by atoms with E-state index in [1.165, 1.54) is 24.2 Å². The van der Waals surface area contributed by atoms with Crippen LogP contribution in [0.2, 0.25) is 0 Å². The molecule has 1 aromatic heterocycles. The quantitative estimate of drug-likeness (QED) is 0.834. The SMILES string of the molecule is COc1cc(-n2cc(S(C)(=O)=O)cn2)ccc1N. The third-order valence-corrected chi connectivity index (χ3v) is 3.54. The number of ether oxygens (including phenoxy) is 1. The van der Waals surface area contributed by atoms with E-state index in [4.69, 9.17) is 10.5 Å². The Bertz CT molecular complexity index is 677. The van der Waals surface area contributed by atoms with Gasteiger partial charge >= 0.3 is 0 Å². The number of anilines is 1. The van der Waals surface area contributed by atoms with Crippen LogP contribution < -0.4 is 10.5 Å². The van der Waals surface area contributed by atoms with Crippen molar-refractivity contribution in [2.75, 3.05) is 19.1 Å². The number of methoxy groups -OCH3 is 1. The minimum Gasteiger partial charge on any atom is -0.495 e. The third kappa shape index (κ3) is 2.30. The molecule has 0 aliphatic heterocycles. The second-order valence-corrected chi connectivity index (χ2v) is 5.83. The molecule has 0 saturated heterocycles. The lowest BCUT2D eigenvalue weighted by Gasteiger charge is -2.07. The van der Waals surface area contributed by atoms with Crippen molar-refractivity contribution in [1.82, 2.24) is 9.78 Å². The zero-order valence-electron chi connectivity index (χ0n) is 9.99. The lowest BCUT2D eigenvalue weighted by atomic mass is 10.2. The van der Waals surface area contributed by atoms with Gasteiger partial charge in [-0.3, -0.25) is 0 Å². The Morgan fingerprint density at radius 1 is 1.39 bits per heavy atom. The van der Waals surface area contributed by atoms with Crippen molar-refractivity contribution in [3.63, 3.8) is 0 Å². The Labute approximate surface area is 105 Å². The third-order valence-electron chi connectivity index (χ3n) is 2.47. The van der Waals surface area contributed by atoms with Crippen LogP contribution in [0.4, 0.5) is 5.69 Å². The van der Waals surface area contributed by atoms with E-state index in [2.05, 4.69) is 5.10 Å². The molecule has 2 rings (SSSR count). The highest BCUT2D eigenvalue weighted by Crippen LogP contribution is 2.24. The molecular formula is C11H13N3O3S. The van der Waals surface area contributed by atoms with Crippen molar-refractivity contribution >= 4 is 15.5 Å². The summed E-state index contributed by atoms with van der Waals surface area (Å²) in [5, 5.41) is 4.00. The van der Waals surface area contributed by atoms with Crippen molar-refractivity contribution < 1.29 is 13.2 Å². The number of hydrogen-bond donors (Lipinski definition) is 1. The number of hydrogen-bond acceptors (Lipinski definition) is 5. The molecule has 0 fully saturated rings. The molecule has 0 radical (unpaired) electrons. The number of nitrogen functional groups attached to an aromatic ring is 1. The largest absolute Gasteiger partial charge is 0.495 e. The zero-order chi connectivity index (χ0) is 13.3. The average Bonchev–Trinajstić information content (AvgIpc) is 2.78. The fourth-order valence-electron chi connectivity index (χ4n) is 1.48. The average molecular weight is 267 g/mol. The maximum atomic E-state index is 11.4. The monoisotopic (exact) mass is 267 g/mol. The summed E-state index contributed by atoms with van der Waals surface area (Å²) >= 11 is 0. The van der Waals surface area contributed by atoms with Crippen LogP contribution in [0.15, 0.2) is 35.5 Å². The fourth-order valence-corrected chi connectivity index (χ4v) is 2.01. The fraction of sp³-hybridized carbons (Fsp3) is 0.182. The Morgan fingerprint density at radius 3 is 2.67 bits per heavy atom. The summed E-state index contributed by atoms with van der Waals surface area (Å²) in [5.41, 5.74) is 6.89. The van der Waals surface area contributed by atoms with Gasteiger partial charge in [0.05, 0.1) is 24.7 Å². The van der Waals surface area contributed by atoms with Crippen molar-refractivity contribution in [3.8, 4) is 11.4 Å². The number of sulfone groups is 1. The van der Waals surface area contributed by atoms with Crippen LogP contribution in [0.3, 0.4) is 0 Å². The van der Waals surface area contributed by atoms with Gasteiger partial charge in [0.2, 0.25) is 0 Å². The summed E-state index contributed by atoms with van der Waals surface area (Å²) < 4.78 is 29.3. The highest BCUT2D eigenvalue weighted by atomic mass is 32.2. The molecule has 7 heteroatoms. The van der Waals surface area contributed by atoms with Crippen LogP contribution >= 0.6 is 0 Å². The molecule has 2 aromatic rings. The van der Waals surface area contributed by atoms with Gasteiger partial charge in [-0.2, -0.15) is 5.10 Å². The lowest BCUT2D eigenvalue weighted by Crippen LogP contribution is -1.98. The molecule has 0 spiro atoms. The van der Waals surface area contributed by atoms with Gasteiger partial charge in [0.1, 0.15) is 10.6 Å². The molecule has 18 heavy (non-hydrogen) atoms. The molecule has 0 bridgehead atoms. The second kappa shape index (κ2) is 4.34. The van der Waals surface area contributed by atoms with Gasteiger partial charge in [-0.25, -0.2) is 13.1 Å². The van der Waals surface area contributed by atoms with Crippen LogP contribution in [-0.2, 0) is 9.84 Å². The Morgan fingerprint density at radius 2 is 2.11 bits per heavy atom. The predicted molar refractivity (Wildman–Crippen MR) is 67.6 cm³/mol. The first-order valence-electron chi connectivity index (χ1n) is 5.10. The highest BCUT2D eigenvalue weighted by Gasteiger charge is 2.11. The molecular weight excluding hydrogens is 254 g/mol. The Kier molecular flexibility index (Phi) is 3.00. The van der Waals surface area contributed by atoms with E-state index in [-0.39, 0.29) is 4.90 Å². The molecule has 0 aliphatic carbocycles. The minimum atomic E-state index is -3.25. The smallest absolute Gasteiger partial charge is 0.178 e. The van der Waals surface area contributed by atoms with Crippen LogP contribution in [0.25, 0.3) is 5.69 Å². The molecule has 1 aromatic carbocycles. The second-order valence-electron chi connectivity index (χ2n) is 3.82. The van der Waals surface area contributed by atoms with E-state index in [0.29, 0.717) is 17.1 Å². The number of rotatable bonds is 3.